The molecule has 1 aromatic carbocycles. The van der Waals surface area contributed by atoms with Gasteiger partial charge in [0.25, 0.3) is 5.88 Å². The molecule has 1 unspecified atom stereocenters. The van der Waals surface area contributed by atoms with Crippen molar-refractivity contribution >= 4 is 23.3 Å². The van der Waals surface area contributed by atoms with Crippen LogP contribution in [-0.2, 0) is 11.2 Å². The quantitative estimate of drug-likeness (QED) is 0.805. The molecule has 0 radical (unpaired) electrons. The average Bonchev–Trinajstić information content (AvgIpc) is 2.64. The molecule has 1 aliphatic heterocycles. The van der Waals surface area contributed by atoms with Crippen LogP contribution >= 0.6 is 11.6 Å². The standard InChI is InChI=1S/C19H23ClN4O2/c1-23(2)18-19(22-10-9-21-18)26-16-4-3-11-24(13-16)17(25)12-14-5-7-15(20)8-6-14/h5-10,16H,3-4,11-13H2,1-2H3. The molecule has 2 heterocycles. The van der Waals surface area contributed by atoms with Gasteiger partial charge in [-0.25, -0.2) is 9.97 Å². The SMILES string of the molecule is CN(C)c1nccnc1OC1CCCN(C(=O)Cc2ccc(Cl)cc2)C1. The highest BCUT2D eigenvalue weighted by molar-refractivity contribution is 6.30. The van der Waals surface area contributed by atoms with Gasteiger partial charge in [0.05, 0.1) is 13.0 Å². The van der Waals surface area contributed by atoms with Gasteiger partial charge in [-0.2, -0.15) is 0 Å². The fourth-order valence-electron chi connectivity index (χ4n) is 3.02. The number of ether oxygens (including phenoxy) is 1. The van der Waals surface area contributed by atoms with Gasteiger partial charge in [-0.05, 0) is 30.5 Å². The molecule has 1 fully saturated rings. The van der Waals surface area contributed by atoms with Crippen LogP contribution in [0.1, 0.15) is 18.4 Å². The third-order valence-electron chi connectivity index (χ3n) is 4.35. The molecule has 1 atom stereocenters. The fraction of sp³-hybridized carbons (Fsp3) is 0.421. The smallest absolute Gasteiger partial charge is 0.257 e. The molecule has 26 heavy (non-hydrogen) atoms. The van der Waals surface area contributed by atoms with Crippen LogP contribution in [0.3, 0.4) is 0 Å². The maximum absolute atomic E-state index is 12.6. The summed E-state index contributed by atoms with van der Waals surface area (Å²) in [6.45, 7) is 1.32. The average molecular weight is 375 g/mol. The number of anilines is 1. The highest BCUT2D eigenvalue weighted by Gasteiger charge is 2.26. The van der Waals surface area contributed by atoms with Gasteiger partial charge >= 0.3 is 0 Å². The Labute approximate surface area is 158 Å². The van der Waals surface area contributed by atoms with Gasteiger partial charge < -0.3 is 14.5 Å². The Kier molecular flexibility index (Phi) is 5.93. The van der Waals surface area contributed by atoms with Crippen LogP contribution < -0.4 is 9.64 Å². The normalized spacial score (nSPS) is 17.0. The summed E-state index contributed by atoms with van der Waals surface area (Å²) in [5, 5.41) is 0.674. The van der Waals surface area contributed by atoms with E-state index in [9.17, 15) is 4.79 Å². The van der Waals surface area contributed by atoms with E-state index >= 15 is 0 Å². The monoisotopic (exact) mass is 374 g/mol. The van der Waals surface area contributed by atoms with Gasteiger partial charge in [-0.15, -0.1) is 0 Å². The van der Waals surface area contributed by atoms with Crippen LogP contribution in [0.5, 0.6) is 5.88 Å². The molecular formula is C19H23ClN4O2. The minimum atomic E-state index is -0.0756. The number of benzene rings is 1. The number of hydrogen-bond donors (Lipinski definition) is 0. The molecule has 0 spiro atoms. The summed E-state index contributed by atoms with van der Waals surface area (Å²) in [4.78, 5) is 25.0. The third-order valence-corrected chi connectivity index (χ3v) is 4.60. The molecule has 6 nitrogen and oxygen atoms in total. The summed E-state index contributed by atoms with van der Waals surface area (Å²) in [6.07, 6.45) is 5.37. The van der Waals surface area contributed by atoms with E-state index in [4.69, 9.17) is 16.3 Å². The number of rotatable bonds is 5. The van der Waals surface area contributed by atoms with Crippen LogP contribution in [0.25, 0.3) is 0 Å². The van der Waals surface area contributed by atoms with E-state index in [1.165, 1.54) is 0 Å². The van der Waals surface area contributed by atoms with Crippen LogP contribution in [0.4, 0.5) is 5.82 Å². The van der Waals surface area contributed by atoms with Crippen molar-refractivity contribution in [2.24, 2.45) is 0 Å². The van der Waals surface area contributed by atoms with Crippen LogP contribution in [0.2, 0.25) is 5.02 Å². The van der Waals surface area contributed by atoms with Crippen molar-refractivity contribution < 1.29 is 9.53 Å². The van der Waals surface area contributed by atoms with E-state index in [2.05, 4.69) is 9.97 Å². The Bertz CT molecular complexity index is 751. The van der Waals surface area contributed by atoms with Crippen molar-refractivity contribution in [3.63, 3.8) is 0 Å². The summed E-state index contributed by atoms with van der Waals surface area (Å²) in [5.74, 6) is 1.30. The second-order valence-electron chi connectivity index (χ2n) is 6.60. The number of nitrogens with zero attached hydrogens (tertiary/aromatic N) is 4. The highest BCUT2D eigenvalue weighted by atomic mass is 35.5. The summed E-state index contributed by atoms with van der Waals surface area (Å²) < 4.78 is 6.07. The maximum Gasteiger partial charge on any atom is 0.257 e. The molecular weight excluding hydrogens is 352 g/mol. The van der Waals surface area contributed by atoms with E-state index in [1.807, 2.05) is 48.2 Å². The lowest BCUT2D eigenvalue weighted by Crippen LogP contribution is -2.45. The molecule has 0 N–H and O–H groups in total. The van der Waals surface area contributed by atoms with Gasteiger partial charge in [0, 0.05) is 38.1 Å². The molecule has 7 heteroatoms. The van der Waals surface area contributed by atoms with Crippen LogP contribution in [-0.4, -0.2) is 54.1 Å². The van der Waals surface area contributed by atoms with Crippen LogP contribution in [0, 0.1) is 0 Å². The van der Waals surface area contributed by atoms with E-state index in [0.29, 0.717) is 29.7 Å². The minimum absolute atomic E-state index is 0.0756. The first-order valence-corrected chi connectivity index (χ1v) is 9.08. The van der Waals surface area contributed by atoms with Crippen molar-refractivity contribution in [1.29, 1.82) is 0 Å². The third kappa shape index (κ3) is 4.64. The van der Waals surface area contributed by atoms with Crippen molar-refractivity contribution in [3.05, 3.63) is 47.2 Å². The van der Waals surface area contributed by atoms with Crippen molar-refractivity contribution in [3.8, 4) is 5.88 Å². The van der Waals surface area contributed by atoms with Gasteiger partial charge in [0.2, 0.25) is 5.91 Å². The van der Waals surface area contributed by atoms with Crippen LogP contribution in [0.15, 0.2) is 36.7 Å². The minimum Gasteiger partial charge on any atom is -0.470 e. The Morgan fingerprint density at radius 3 is 2.73 bits per heavy atom. The number of halogens is 1. The first-order chi connectivity index (χ1) is 12.5. The van der Waals surface area contributed by atoms with Crippen molar-refractivity contribution in [2.75, 3.05) is 32.1 Å². The zero-order valence-electron chi connectivity index (χ0n) is 15.1. The zero-order chi connectivity index (χ0) is 18.5. The number of aromatic nitrogens is 2. The Hall–Kier alpha value is -2.34. The molecule has 0 bridgehead atoms. The highest BCUT2D eigenvalue weighted by Crippen LogP contribution is 2.24. The molecule has 0 saturated carbocycles. The molecule has 1 aromatic heterocycles. The van der Waals surface area contributed by atoms with Gasteiger partial charge in [-0.1, -0.05) is 23.7 Å². The Morgan fingerprint density at radius 1 is 1.27 bits per heavy atom. The molecule has 138 valence electrons. The predicted molar refractivity (Wildman–Crippen MR) is 102 cm³/mol. The molecule has 3 rings (SSSR count). The van der Waals surface area contributed by atoms with Gasteiger partial charge in [-0.3, -0.25) is 4.79 Å². The summed E-state index contributed by atoms with van der Waals surface area (Å²) in [5.41, 5.74) is 0.964. The molecule has 1 amide bonds. The van der Waals surface area contributed by atoms with E-state index in [-0.39, 0.29) is 12.0 Å². The number of piperidine rings is 1. The Balaban J connectivity index is 1.62. The number of amides is 1. The predicted octanol–water partition coefficient (Wildman–Crippen LogP) is 2.81. The molecule has 1 saturated heterocycles. The van der Waals surface area contributed by atoms with E-state index in [1.54, 1.807) is 12.4 Å². The lowest BCUT2D eigenvalue weighted by Gasteiger charge is -2.33. The van der Waals surface area contributed by atoms with E-state index in [0.717, 1.165) is 24.9 Å². The lowest BCUT2D eigenvalue weighted by molar-refractivity contribution is -0.133. The summed E-state index contributed by atoms with van der Waals surface area (Å²) >= 11 is 5.90. The Morgan fingerprint density at radius 2 is 2.00 bits per heavy atom. The van der Waals surface area contributed by atoms with E-state index < -0.39 is 0 Å². The summed E-state index contributed by atoms with van der Waals surface area (Å²) in [6, 6.07) is 7.40. The zero-order valence-corrected chi connectivity index (χ0v) is 15.8. The second kappa shape index (κ2) is 8.36. The second-order valence-corrected chi connectivity index (χ2v) is 7.04. The number of carbonyl (C=O) groups is 1. The number of likely N-dealkylation sites (tertiary alicyclic amines) is 1. The largest absolute Gasteiger partial charge is 0.470 e. The topological polar surface area (TPSA) is 58.6 Å². The first kappa shape index (κ1) is 18.5. The maximum atomic E-state index is 12.6. The summed E-state index contributed by atoms with van der Waals surface area (Å²) in [7, 11) is 3.80. The number of carbonyl (C=O) groups excluding carboxylic acids is 1. The lowest BCUT2D eigenvalue weighted by atomic mass is 10.1. The molecule has 1 aliphatic rings. The van der Waals surface area contributed by atoms with Gasteiger partial charge in [0.15, 0.2) is 5.82 Å². The van der Waals surface area contributed by atoms with Crippen molar-refractivity contribution in [1.82, 2.24) is 14.9 Å². The van der Waals surface area contributed by atoms with Crippen molar-refractivity contribution in [2.45, 2.75) is 25.4 Å². The molecule has 2 aromatic rings. The molecule has 0 aliphatic carbocycles. The van der Waals surface area contributed by atoms with Gasteiger partial charge in [0.1, 0.15) is 6.10 Å². The number of hydrogen-bond acceptors (Lipinski definition) is 5. The first-order valence-electron chi connectivity index (χ1n) is 8.70. The fourth-order valence-corrected chi connectivity index (χ4v) is 3.14.